The van der Waals surface area contributed by atoms with Crippen molar-refractivity contribution in [1.29, 1.82) is 0 Å². The van der Waals surface area contributed by atoms with Gasteiger partial charge in [-0.25, -0.2) is 4.98 Å². The largest absolute Gasteiger partial charge is 0.384 e. The molecule has 0 amide bonds. The van der Waals surface area contributed by atoms with Gasteiger partial charge in [0, 0.05) is 19.1 Å². The second kappa shape index (κ2) is 6.19. The first-order valence-electron chi connectivity index (χ1n) is 4.95. The highest BCUT2D eigenvalue weighted by Crippen LogP contribution is 2.06. The summed E-state index contributed by atoms with van der Waals surface area (Å²) in [5.41, 5.74) is 7.30. The number of nitrogen functional groups attached to an aromatic ring is 1. The van der Waals surface area contributed by atoms with Gasteiger partial charge in [-0.3, -0.25) is 4.79 Å². The molecule has 0 spiro atoms. The molecule has 0 fully saturated rings. The third-order valence-electron chi connectivity index (χ3n) is 1.86. The molecule has 1 aromatic rings. The zero-order valence-electron chi connectivity index (χ0n) is 9.41. The molecule has 16 heavy (non-hydrogen) atoms. The number of thioether (sulfide) groups is 1. The van der Waals surface area contributed by atoms with E-state index in [1.54, 1.807) is 13.0 Å². The van der Waals surface area contributed by atoms with Gasteiger partial charge >= 0.3 is 0 Å². The summed E-state index contributed by atoms with van der Waals surface area (Å²) in [7, 11) is 0. The van der Waals surface area contributed by atoms with Crippen molar-refractivity contribution in [3.8, 4) is 11.8 Å². The topological polar surface area (TPSA) is 56.0 Å². The highest BCUT2D eigenvalue weighted by atomic mass is 32.2. The minimum absolute atomic E-state index is 0.125. The van der Waals surface area contributed by atoms with Crippen LogP contribution >= 0.6 is 11.8 Å². The van der Waals surface area contributed by atoms with E-state index in [1.165, 1.54) is 11.8 Å². The van der Waals surface area contributed by atoms with Crippen LogP contribution in [0.25, 0.3) is 0 Å². The van der Waals surface area contributed by atoms with Crippen molar-refractivity contribution in [2.45, 2.75) is 20.3 Å². The fourth-order valence-corrected chi connectivity index (χ4v) is 1.55. The average Bonchev–Trinajstić information content (AvgIpc) is 2.22. The highest BCUT2D eigenvalue weighted by molar-refractivity contribution is 8.13. The maximum Gasteiger partial charge on any atom is 0.185 e. The summed E-state index contributed by atoms with van der Waals surface area (Å²) in [5.74, 6) is 7.15. The van der Waals surface area contributed by atoms with E-state index in [1.807, 2.05) is 13.0 Å². The zero-order chi connectivity index (χ0) is 12.0. The molecule has 0 atom stereocenters. The molecule has 0 aliphatic carbocycles. The van der Waals surface area contributed by atoms with E-state index in [-0.39, 0.29) is 5.12 Å². The van der Waals surface area contributed by atoms with Gasteiger partial charge in [-0.2, -0.15) is 0 Å². The molecule has 1 rings (SSSR count). The molecular formula is C12H14N2OS. The number of carbonyl (C=O) groups excluding carboxylic acids is 1. The highest BCUT2D eigenvalue weighted by Gasteiger charge is 1.96. The van der Waals surface area contributed by atoms with Gasteiger partial charge in [0.1, 0.15) is 11.5 Å². The third kappa shape index (κ3) is 4.37. The van der Waals surface area contributed by atoms with Gasteiger partial charge in [0.15, 0.2) is 5.12 Å². The first kappa shape index (κ1) is 12.6. The van der Waals surface area contributed by atoms with Crippen LogP contribution in [0.2, 0.25) is 0 Å². The number of aryl methyl sites for hydroxylation is 1. The molecule has 0 unspecified atom stereocenters. The summed E-state index contributed by atoms with van der Waals surface area (Å²) in [6.45, 7) is 3.50. The summed E-state index contributed by atoms with van der Waals surface area (Å²) in [6.07, 6.45) is 0.681. The van der Waals surface area contributed by atoms with E-state index in [9.17, 15) is 4.79 Å². The quantitative estimate of drug-likeness (QED) is 0.628. The monoisotopic (exact) mass is 234 g/mol. The van der Waals surface area contributed by atoms with Crippen molar-refractivity contribution < 1.29 is 4.79 Å². The number of rotatable bonds is 2. The van der Waals surface area contributed by atoms with E-state index < -0.39 is 0 Å². The molecule has 84 valence electrons. The molecule has 0 saturated heterocycles. The van der Waals surface area contributed by atoms with E-state index in [0.717, 1.165) is 11.3 Å². The van der Waals surface area contributed by atoms with Gasteiger partial charge in [-0.05, 0) is 24.5 Å². The van der Waals surface area contributed by atoms with Gasteiger partial charge in [-0.1, -0.05) is 23.7 Å². The van der Waals surface area contributed by atoms with E-state index in [2.05, 4.69) is 16.8 Å². The van der Waals surface area contributed by atoms with Gasteiger partial charge in [0.25, 0.3) is 0 Å². The first-order valence-corrected chi connectivity index (χ1v) is 5.93. The Hall–Kier alpha value is -1.47. The fourth-order valence-electron chi connectivity index (χ4n) is 1.06. The third-order valence-corrected chi connectivity index (χ3v) is 2.67. The molecule has 0 aliphatic rings. The second-order valence-corrected chi connectivity index (χ2v) is 4.57. The number of nitrogens with zero attached hydrogens (tertiary/aromatic N) is 1. The van der Waals surface area contributed by atoms with Crippen molar-refractivity contribution >= 4 is 22.7 Å². The number of hydrogen-bond acceptors (Lipinski definition) is 4. The summed E-state index contributed by atoms with van der Waals surface area (Å²) < 4.78 is 0. The van der Waals surface area contributed by atoms with Gasteiger partial charge in [0.05, 0.1) is 0 Å². The molecule has 0 aromatic carbocycles. The molecule has 0 saturated carbocycles. The lowest BCUT2D eigenvalue weighted by molar-refractivity contribution is -0.109. The van der Waals surface area contributed by atoms with Gasteiger partial charge in [0.2, 0.25) is 0 Å². The van der Waals surface area contributed by atoms with Crippen LogP contribution in [0.1, 0.15) is 24.6 Å². The Balaban J connectivity index is 2.56. The Morgan fingerprint density at radius 3 is 3.00 bits per heavy atom. The van der Waals surface area contributed by atoms with E-state index in [4.69, 9.17) is 5.73 Å². The van der Waals surface area contributed by atoms with Gasteiger partial charge in [-0.15, -0.1) is 0 Å². The van der Waals surface area contributed by atoms with Crippen molar-refractivity contribution in [3.63, 3.8) is 0 Å². The zero-order valence-corrected chi connectivity index (χ0v) is 10.2. The van der Waals surface area contributed by atoms with Crippen LogP contribution < -0.4 is 5.73 Å². The minimum Gasteiger partial charge on any atom is -0.384 e. The molecule has 2 N–H and O–H groups in total. The lowest BCUT2D eigenvalue weighted by atomic mass is 10.2. The Kier molecular flexibility index (Phi) is 4.87. The lowest BCUT2D eigenvalue weighted by Gasteiger charge is -1.97. The predicted molar refractivity (Wildman–Crippen MR) is 68.0 cm³/mol. The number of pyridine rings is 1. The Labute approximate surface area is 99.8 Å². The minimum atomic E-state index is 0.125. The Bertz CT molecular complexity index is 446. The SMILES string of the molecule is CC(=O)SCCC#Cc1nc(N)ccc1C. The summed E-state index contributed by atoms with van der Waals surface area (Å²) in [5, 5.41) is 0.125. The normalized spacial score (nSPS) is 9.38. The van der Waals surface area contributed by atoms with Crippen LogP contribution in [-0.2, 0) is 4.79 Å². The van der Waals surface area contributed by atoms with Crippen molar-refractivity contribution in [1.82, 2.24) is 4.98 Å². The van der Waals surface area contributed by atoms with Crippen molar-refractivity contribution in [2.24, 2.45) is 0 Å². The molecule has 1 heterocycles. The van der Waals surface area contributed by atoms with E-state index >= 15 is 0 Å². The summed E-state index contributed by atoms with van der Waals surface area (Å²) in [6, 6.07) is 3.66. The standard InChI is InChI=1S/C12H14N2OS/c1-9-6-7-12(13)14-11(9)5-3-4-8-16-10(2)15/h6-7H,4,8H2,1-2H3,(H2,13,14). The van der Waals surface area contributed by atoms with Crippen LogP contribution in [0.3, 0.4) is 0 Å². The first-order chi connectivity index (χ1) is 7.59. The predicted octanol–water partition coefficient (Wildman–Crippen LogP) is 1.99. The van der Waals surface area contributed by atoms with Crippen LogP contribution in [-0.4, -0.2) is 15.9 Å². The second-order valence-electron chi connectivity index (χ2n) is 3.29. The van der Waals surface area contributed by atoms with Crippen molar-refractivity contribution in [3.05, 3.63) is 23.4 Å². The Morgan fingerprint density at radius 2 is 2.31 bits per heavy atom. The molecule has 0 aliphatic heterocycles. The average molecular weight is 234 g/mol. The lowest BCUT2D eigenvalue weighted by Crippen LogP contribution is -1.94. The van der Waals surface area contributed by atoms with Crippen LogP contribution in [0.15, 0.2) is 12.1 Å². The summed E-state index contributed by atoms with van der Waals surface area (Å²) in [4.78, 5) is 14.8. The van der Waals surface area contributed by atoms with Crippen molar-refractivity contribution in [2.75, 3.05) is 11.5 Å². The number of anilines is 1. The number of carbonyl (C=O) groups is 1. The summed E-state index contributed by atoms with van der Waals surface area (Å²) >= 11 is 1.29. The number of nitrogens with two attached hydrogens (primary N) is 1. The Morgan fingerprint density at radius 1 is 1.56 bits per heavy atom. The smallest absolute Gasteiger partial charge is 0.185 e. The van der Waals surface area contributed by atoms with Crippen LogP contribution in [0, 0.1) is 18.8 Å². The van der Waals surface area contributed by atoms with E-state index in [0.29, 0.717) is 17.9 Å². The van der Waals surface area contributed by atoms with Crippen LogP contribution in [0.5, 0.6) is 0 Å². The maximum absolute atomic E-state index is 10.7. The van der Waals surface area contributed by atoms with Gasteiger partial charge < -0.3 is 5.73 Å². The molecule has 0 radical (unpaired) electrons. The molecule has 1 aromatic heterocycles. The number of hydrogen-bond donors (Lipinski definition) is 1. The molecule has 0 bridgehead atoms. The maximum atomic E-state index is 10.7. The fraction of sp³-hybridized carbons (Fsp3) is 0.333. The number of aromatic nitrogens is 1. The molecule has 4 heteroatoms. The molecule has 3 nitrogen and oxygen atoms in total. The van der Waals surface area contributed by atoms with Crippen LogP contribution in [0.4, 0.5) is 5.82 Å². The molecular weight excluding hydrogens is 220 g/mol.